The van der Waals surface area contributed by atoms with Crippen molar-refractivity contribution in [2.45, 2.75) is 0 Å². The van der Waals surface area contributed by atoms with Gasteiger partial charge in [0.2, 0.25) is 7.37 Å². The summed E-state index contributed by atoms with van der Waals surface area (Å²) in [5, 5.41) is 0. The fraction of sp³-hybridized carbons (Fsp3) is 1.00. The molecule has 0 aromatic carbocycles. The molecule has 0 aromatic heterocycles. The zero-order valence-electron chi connectivity index (χ0n) is 6.09. The number of rotatable bonds is 4. The van der Waals surface area contributed by atoms with Crippen molar-refractivity contribution >= 4 is 7.37 Å². The third-order valence-corrected chi connectivity index (χ3v) is 2.86. The highest BCUT2D eigenvalue weighted by atomic mass is 31.2. The largest absolute Gasteiger partial charge is 0.384 e. The summed E-state index contributed by atoms with van der Waals surface area (Å²) in [5.74, 6) is 0. The van der Waals surface area contributed by atoms with Crippen molar-refractivity contribution in [3.8, 4) is 0 Å². The van der Waals surface area contributed by atoms with Gasteiger partial charge < -0.3 is 9.26 Å². The van der Waals surface area contributed by atoms with Gasteiger partial charge >= 0.3 is 0 Å². The predicted octanol–water partition coefficient (Wildman–Crippen LogP) is 1.19. The van der Waals surface area contributed by atoms with Crippen LogP contribution in [0.4, 0.5) is 0 Å². The van der Waals surface area contributed by atoms with Gasteiger partial charge in [0, 0.05) is 27.0 Å². The molecule has 0 saturated carbocycles. The van der Waals surface area contributed by atoms with E-state index in [1.807, 2.05) is 0 Å². The van der Waals surface area contributed by atoms with Gasteiger partial charge in [0.15, 0.2) is 0 Å². The third-order valence-electron chi connectivity index (χ3n) is 1.09. The van der Waals surface area contributed by atoms with Crippen molar-refractivity contribution in [2.24, 2.45) is 0 Å². The van der Waals surface area contributed by atoms with Crippen molar-refractivity contribution in [1.29, 1.82) is 0 Å². The number of hydrogen-bond donors (Lipinski definition) is 0. The molecule has 0 aliphatic heterocycles. The topological polar surface area (TPSA) is 35.5 Å². The number of ether oxygens (including phenoxy) is 1. The van der Waals surface area contributed by atoms with Crippen molar-refractivity contribution < 1.29 is 13.8 Å². The minimum Gasteiger partial charge on any atom is -0.384 e. The van der Waals surface area contributed by atoms with Gasteiger partial charge in [-0.25, -0.2) is 0 Å². The molecule has 56 valence electrons. The molecule has 1 atom stereocenters. The van der Waals surface area contributed by atoms with Crippen molar-refractivity contribution in [3.05, 3.63) is 0 Å². The number of methoxy groups -OCH3 is 1. The Kier molecular flexibility index (Phi) is 4.11. The molecule has 9 heavy (non-hydrogen) atoms. The second kappa shape index (κ2) is 4.04. The molecule has 4 heteroatoms. The van der Waals surface area contributed by atoms with Crippen LogP contribution < -0.4 is 0 Å². The lowest BCUT2D eigenvalue weighted by Gasteiger charge is -2.08. The Morgan fingerprint density at radius 3 is 2.33 bits per heavy atom. The van der Waals surface area contributed by atoms with Crippen molar-refractivity contribution in [3.63, 3.8) is 0 Å². The van der Waals surface area contributed by atoms with Gasteiger partial charge in [0.25, 0.3) is 0 Å². The third kappa shape index (κ3) is 4.64. The lowest BCUT2D eigenvalue weighted by molar-refractivity contribution is 0.213. The van der Waals surface area contributed by atoms with E-state index in [0.717, 1.165) is 0 Å². The fourth-order valence-electron chi connectivity index (χ4n) is 0.348. The van der Waals surface area contributed by atoms with Gasteiger partial charge in [-0.1, -0.05) is 0 Å². The molecule has 0 rings (SSSR count). The van der Waals surface area contributed by atoms with Gasteiger partial charge in [-0.15, -0.1) is 0 Å². The summed E-state index contributed by atoms with van der Waals surface area (Å²) in [5.41, 5.74) is 0. The first kappa shape index (κ1) is 9.15. The summed E-state index contributed by atoms with van der Waals surface area (Å²) >= 11 is 0. The summed E-state index contributed by atoms with van der Waals surface area (Å²) in [4.78, 5) is 0. The van der Waals surface area contributed by atoms with E-state index in [9.17, 15) is 4.57 Å². The Morgan fingerprint density at radius 1 is 1.44 bits per heavy atom. The normalized spacial score (nSPS) is 17.2. The first-order chi connectivity index (χ1) is 4.12. The van der Waals surface area contributed by atoms with E-state index < -0.39 is 7.37 Å². The summed E-state index contributed by atoms with van der Waals surface area (Å²) in [6, 6.07) is 0. The average Bonchev–Trinajstić information content (AvgIpc) is 1.84. The lowest BCUT2D eigenvalue weighted by atomic mass is 10.9. The molecule has 3 nitrogen and oxygen atoms in total. The highest BCUT2D eigenvalue weighted by Gasteiger charge is 2.11. The molecule has 0 aliphatic rings. The smallest absolute Gasteiger partial charge is 0.202 e. The van der Waals surface area contributed by atoms with Gasteiger partial charge in [-0.2, -0.15) is 0 Å². The fourth-order valence-corrected chi connectivity index (χ4v) is 1.05. The van der Waals surface area contributed by atoms with Crippen LogP contribution in [0.1, 0.15) is 0 Å². The Labute approximate surface area is 55.8 Å². The first-order valence-electron chi connectivity index (χ1n) is 2.73. The van der Waals surface area contributed by atoms with Crippen LogP contribution in [0, 0.1) is 0 Å². The van der Waals surface area contributed by atoms with E-state index in [2.05, 4.69) is 0 Å². The van der Waals surface area contributed by atoms with Crippen LogP contribution in [0.25, 0.3) is 0 Å². The summed E-state index contributed by atoms with van der Waals surface area (Å²) < 4.78 is 20.5. The zero-order chi connectivity index (χ0) is 7.33. The van der Waals surface area contributed by atoms with Crippen LogP contribution in [0.5, 0.6) is 0 Å². The summed E-state index contributed by atoms with van der Waals surface area (Å²) in [6.07, 6.45) is 0.500. The molecule has 0 radical (unpaired) electrons. The maximum absolute atomic E-state index is 11.0. The molecule has 0 saturated heterocycles. The monoisotopic (exact) mass is 152 g/mol. The van der Waals surface area contributed by atoms with Gasteiger partial charge in [-0.05, 0) is 0 Å². The minimum absolute atomic E-state index is 0.500. The molecule has 0 spiro atoms. The Hall–Kier alpha value is 0.150. The predicted molar refractivity (Wildman–Crippen MR) is 37.3 cm³/mol. The second-order valence-corrected chi connectivity index (χ2v) is 4.75. The summed E-state index contributed by atoms with van der Waals surface area (Å²) in [6.45, 7) is 2.10. The highest BCUT2D eigenvalue weighted by molar-refractivity contribution is 7.58. The van der Waals surface area contributed by atoms with Crippen molar-refractivity contribution in [1.82, 2.24) is 0 Å². The first-order valence-corrected chi connectivity index (χ1v) is 4.99. The number of hydrogen-bond acceptors (Lipinski definition) is 3. The van der Waals surface area contributed by atoms with Gasteiger partial charge in [0.05, 0.1) is 6.61 Å². The minimum atomic E-state index is -2.31. The Balaban J connectivity index is 3.46. The zero-order valence-corrected chi connectivity index (χ0v) is 6.98. The van der Waals surface area contributed by atoms with Crippen LogP contribution in [0.15, 0.2) is 0 Å². The molecule has 0 heterocycles. The quantitative estimate of drug-likeness (QED) is 0.567. The van der Waals surface area contributed by atoms with E-state index >= 15 is 0 Å². The molecular weight excluding hydrogens is 139 g/mol. The molecule has 0 fully saturated rings. The van der Waals surface area contributed by atoms with Crippen LogP contribution in [0.2, 0.25) is 0 Å². The van der Waals surface area contributed by atoms with Crippen LogP contribution in [-0.4, -0.2) is 33.7 Å². The van der Waals surface area contributed by atoms with Crippen LogP contribution in [0.3, 0.4) is 0 Å². The maximum Gasteiger partial charge on any atom is 0.202 e. The Bertz CT molecular complexity index is 113. The van der Waals surface area contributed by atoms with Crippen LogP contribution in [-0.2, 0) is 13.8 Å². The highest BCUT2D eigenvalue weighted by Crippen LogP contribution is 2.40. The van der Waals surface area contributed by atoms with E-state index in [4.69, 9.17) is 9.26 Å². The molecule has 0 amide bonds. The lowest BCUT2D eigenvalue weighted by Crippen LogP contribution is -1.97. The van der Waals surface area contributed by atoms with E-state index in [1.165, 1.54) is 7.11 Å². The van der Waals surface area contributed by atoms with E-state index in [0.29, 0.717) is 12.8 Å². The van der Waals surface area contributed by atoms with Crippen LogP contribution >= 0.6 is 7.37 Å². The van der Waals surface area contributed by atoms with Gasteiger partial charge in [0.1, 0.15) is 0 Å². The molecule has 0 aromatic rings. The molecule has 0 aliphatic carbocycles. The van der Waals surface area contributed by atoms with E-state index in [1.54, 1.807) is 13.8 Å². The maximum atomic E-state index is 11.0. The molecule has 1 unspecified atom stereocenters. The molecule has 0 N–H and O–H groups in total. The Morgan fingerprint density at radius 2 is 2.00 bits per heavy atom. The van der Waals surface area contributed by atoms with Gasteiger partial charge in [-0.3, -0.25) is 4.57 Å². The molecular formula is C5H13O3P. The molecule has 0 bridgehead atoms. The average molecular weight is 152 g/mol. The summed E-state index contributed by atoms with van der Waals surface area (Å²) in [7, 11) is 0.719. The standard InChI is InChI=1S/C5H13O3P/c1-7-4-5-9(3,6)8-2/h4-5H2,1-3H3. The van der Waals surface area contributed by atoms with Crippen molar-refractivity contribution in [2.75, 3.05) is 33.7 Å². The second-order valence-electron chi connectivity index (χ2n) is 1.91. The SMILES string of the molecule is COCCP(C)(=O)OC. The van der Waals surface area contributed by atoms with E-state index in [-0.39, 0.29) is 0 Å².